The molecule has 1 heterocycles. The Morgan fingerprint density at radius 3 is 2.31 bits per heavy atom. The van der Waals surface area contributed by atoms with Gasteiger partial charge in [-0.25, -0.2) is 4.79 Å². The second-order valence-electron chi connectivity index (χ2n) is 2.96. The highest BCUT2D eigenvalue weighted by Gasteiger charge is 2.35. The Balaban J connectivity index is 2.54. The first-order valence-corrected chi connectivity index (χ1v) is 4.19. The second kappa shape index (κ2) is 3.51. The van der Waals surface area contributed by atoms with Crippen LogP contribution < -0.4 is 0 Å². The average molecular weight is 227 g/mol. The van der Waals surface area contributed by atoms with Crippen LogP contribution in [-0.2, 0) is 6.18 Å². The smallest absolute Gasteiger partial charge is 0.242 e. The van der Waals surface area contributed by atoms with Crippen molar-refractivity contribution in [3.63, 3.8) is 0 Å². The quantitative estimate of drug-likeness (QED) is 0.727. The van der Waals surface area contributed by atoms with E-state index in [2.05, 4.69) is 15.2 Å². The van der Waals surface area contributed by atoms with Gasteiger partial charge in [0.25, 0.3) is 0 Å². The third-order valence-corrected chi connectivity index (χ3v) is 1.91. The summed E-state index contributed by atoms with van der Waals surface area (Å²) in [7, 11) is 0. The molecular weight excluding hydrogens is 223 g/mol. The van der Waals surface area contributed by atoms with Crippen molar-refractivity contribution in [1.82, 2.24) is 0 Å². The molecule has 0 aromatic heterocycles. The molecule has 2 amide bonds. The van der Waals surface area contributed by atoms with Crippen LogP contribution in [0.1, 0.15) is 11.1 Å². The molecule has 2 rings (SSSR count). The van der Waals surface area contributed by atoms with Gasteiger partial charge >= 0.3 is 12.2 Å². The number of hydrogen-bond donors (Lipinski definition) is 0. The summed E-state index contributed by atoms with van der Waals surface area (Å²) < 4.78 is 37.8. The van der Waals surface area contributed by atoms with Gasteiger partial charge in [0.15, 0.2) is 5.84 Å². The Hall–Kier alpha value is -2.05. The molecule has 16 heavy (non-hydrogen) atoms. The van der Waals surface area contributed by atoms with Crippen LogP contribution in [0.2, 0.25) is 0 Å². The fraction of sp³-hybridized carbons (Fsp3) is 0.111. The summed E-state index contributed by atoms with van der Waals surface area (Å²) in [6, 6.07) is 3.86. The minimum absolute atomic E-state index is 0.246. The van der Waals surface area contributed by atoms with Gasteiger partial charge in [-0.2, -0.15) is 18.2 Å². The first kappa shape index (κ1) is 10.5. The van der Waals surface area contributed by atoms with Gasteiger partial charge in [0.2, 0.25) is 0 Å². The maximum absolute atomic E-state index is 12.6. The van der Waals surface area contributed by atoms with Gasteiger partial charge in [-0.3, -0.25) is 0 Å². The molecule has 0 atom stereocenters. The number of amidine groups is 1. The molecule has 0 bridgehead atoms. The minimum Gasteiger partial charge on any atom is -0.242 e. The Kier molecular flexibility index (Phi) is 2.30. The molecule has 0 aliphatic carbocycles. The summed E-state index contributed by atoms with van der Waals surface area (Å²) >= 11 is 0. The van der Waals surface area contributed by atoms with Gasteiger partial charge in [-0.05, 0) is 6.07 Å². The lowest BCUT2D eigenvalue weighted by Crippen LogP contribution is -2.11. The van der Waals surface area contributed by atoms with Crippen molar-refractivity contribution in [3.05, 3.63) is 35.4 Å². The number of nitrogens with zero attached hydrogens (tertiary/aromatic N) is 3. The first-order valence-electron chi connectivity index (χ1n) is 4.19. The van der Waals surface area contributed by atoms with Gasteiger partial charge in [0.1, 0.15) is 0 Å². The van der Waals surface area contributed by atoms with Crippen molar-refractivity contribution in [3.8, 4) is 0 Å². The van der Waals surface area contributed by atoms with E-state index in [9.17, 15) is 18.0 Å². The van der Waals surface area contributed by atoms with Gasteiger partial charge in [-0.15, -0.1) is 5.11 Å². The number of hydrogen-bond acceptors (Lipinski definition) is 2. The Morgan fingerprint density at radius 1 is 1.06 bits per heavy atom. The van der Waals surface area contributed by atoms with Crippen LogP contribution in [0.3, 0.4) is 0 Å². The van der Waals surface area contributed by atoms with Gasteiger partial charge in [0, 0.05) is 5.56 Å². The molecule has 1 aromatic rings. The van der Waals surface area contributed by atoms with E-state index < -0.39 is 17.8 Å². The SMILES string of the molecule is O=C1N=NC(c2ccccc2C(F)(F)F)=N1. The van der Waals surface area contributed by atoms with Crippen LogP contribution in [0.25, 0.3) is 0 Å². The zero-order valence-electron chi connectivity index (χ0n) is 7.69. The molecule has 0 spiro atoms. The molecule has 7 heteroatoms. The number of azo groups is 1. The molecule has 1 aliphatic heterocycles. The summed E-state index contributed by atoms with van der Waals surface area (Å²) in [5.41, 5.74) is -1.13. The Morgan fingerprint density at radius 2 is 1.75 bits per heavy atom. The van der Waals surface area contributed by atoms with Gasteiger partial charge < -0.3 is 0 Å². The van der Waals surface area contributed by atoms with E-state index in [1.807, 2.05) is 0 Å². The summed E-state index contributed by atoms with van der Waals surface area (Å²) in [5, 5.41) is 6.32. The zero-order chi connectivity index (χ0) is 11.8. The van der Waals surface area contributed by atoms with E-state index in [-0.39, 0.29) is 11.4 Å². The number of aliphatic imine (C=N–C) groups is 1. The van der Waals surface area contributed by atoms with E-state index >= 15 is 0 Å². The van der Waals surface area contributed by atoms with Crippen molar-refractivity contribution in [2.75, 3.05) is 0 Å². The number of carbonyl (C=O) groups excluding carboxylic acids is 1. The third-order valence-electron chi connectivity index (χ3n) is 1.91. The highest BCUT2D eigenvalue weighted by molar-refractivity contribution is 6.09. The van der Waals surface area contributed by atoms with Crippen LogP contribution in [0.5, 0.6) is 0 Å². The monoisotopic (exact) mass is 227 g/mol. The largest absolute Gasteiger partial charge is 0.417 e. The maximum atomic E-state index is 12.6. The lowest BCUT2D eigenvalue weighted by atomic mass is 10.1. The molecule has 0 radical (unpaired) electrons. The molecule has 0 saturated heterocycles. The molecule has 0 N–H and O–H groups in total. The van der Waals surface area contributed by atoms with E-state index in [0.717, 1.165) is 6.07 Å². The number of alkyl halides is 3. The lowest BCUT2D eigenvalue weighted by molar-refractivity contribution is -0.137. The van der Waals surface area contributed by atoms with Crippen molar-refractivity contribution in [2.45, 2.75) is 6.18 Å². The second-order valence-corrected chi connectivity index (χ2v) is 2.96. The molecule has 82 valence electrons. The third kappa shape index (κ3) is 1.83. The molecule has 1 aromatic carbocycles. The van der Waals surface area contributed by atoms with Crippen molar-refractivity contribution >= 4 is 11.9 Å². The van der Waals surface area contributed by atoms with E-state index in [0.29, 0.717) is 0 Å². The van der Waals surface area contributed by atoms with Crippen molar-refractivity contribution in [1.29, 1.82) is 0 Å². The molecule has 0 fully saturated rings. The number of rotatable bonds is 1. The highest BCUT2D eigenvalue weighted by atomic mass is 19.4. The number of carbonyl (C=O) groups is 1. The average Bonchev–Trinajstić information content (AvgIpc) is 2.64. The summed E-state index contributed by atoms with van der Waals surface area (Å²) in [6.45, 7) is 0. The van der Waals surface area contributed by atoms with Gasteiger partial charge in [-0.1, -0.05) is 23.3 Å². The predicted molar refractivity (Wildman–Crippen MR) is 48.2 cm³/mol. The topological polar surface area (TPSA) is 54.1 Å². The maximum Gasteiger partial charge on any atom is 0.417 e. The number of amides is 2. The molecule has 4 nitrogen and oxygen atoms in total. The van der Waals surface area contributed by atoms with E-state index in [4.69, 9.17) is 0 Å². The fourth-order valence-electron chi connectivity index (χ4n) is 1.26. The van der Waals surface area contributed by atoms with Crippen molar-refractivity contribution < 1.29 is 18.0 Å². The number of benzene rings is 1. The molecule has 0 unspecified atom stereocenters. The van der Waals surface area contributed by atoms with Crippen LogP contribution in [0.4, 0.5) is 18.0 Å². The minimum atomic E-state index is -4.51. The zero-order valence-corrected chi connectivity index (χ0v) is 7.69. The molecule has 0 saturated carbocycles. The summed E-state index contributed by atoms with van der Waals surface area (Å²) in [4.78, 5) is 13.9. The highest BCUT2D eigenvalue weighted by Crippen LogP contribution is 2.32. The van der Waals surface area contributed by atoms with Crippen LogP contribution >= 0.6 is 0 Å². The van der Waals surface area contributed by atoms with Crippen LogP contribution in [0.15, 0.2) is 39.5 Å². The molecular formula is C9H4F3N3O. The standard InChI is InChI=1S/C9H4F3N3O/c10-9(11,12)6-4-2-1-3-5(6)7-13-8(16)15-14-7/h1-4H. The number of halogens is 3. The van der Waals surface area contributed by atoms with E-state index in [1.54, 1.807) is 0 Å². The Bertz CT molecular complexity index is 505. The van der Waals surface area contributed by atoms with Gasteiger partial charge in [0.05, 0.1) is 5.56 Å². The summed E-state index contributed by atoms with van der Waals surface area (Å²) in [6.07, 6.45) is -4.51. The van der Waals surface area contributed by atoms with Crippen LogP contribution in [0, 0.1) is 0 Å². The lowest BCUT2D eigenvalue weighted by Gasteiger charge is -2.10. The predicted octanol–water partition coefficient (Wildman–Crippen LogP) is 3.04. The number of urea groups is 1. The first-order chi connectivity index (χ1) is 7.48. The summed E-state index contributed by atoms with van der Waals surface area (Å²) in [5.74, 6) is -0.307. The fourth-order valence-corrected chi connectivity index (χ4v) is 1.26. The van der Waals surface area contributed by atoms with Crippen LogP contribution in [-0.4, -0.2) is 11.9 Å². The van der Waals surface area contributed by atoms with Crippen molar-refractivity contribution in [2.24, 2.45) is 15.2 Å². The Labute approximate surface area is 87.5 Å². The molecule has 1 aliphatic rings. The normalized spacial score (nSPS) is 15.4. The van der Waals surface area contributed by atoms with E-state index in [1.165, 1.54) is 18.2 Å².